The molecule has 3 heterocycles. The van der Waals surface area contributed by atoms with E-state index in [9.17, 15) is 13.2 Å². The van der Waals surface area contributed by atoms with E-state index >= 15 is 0 Å². The summed E-state index contributed by atoms with van der Waals surface area (Å²) in [5, 5.41) is 3.05. The summed E-state index contributed by atoms with van der Waals surface area (Å²) in [5.74, 6) is 0.583. The van der Waals surface area contributed by atoms with E-state index in [-0.39, 0.29) is 11.8 Å². The van der Waals surface area contributed by atoms with Crippen LogP contribution in [-0.2, 0) is 15.0 Å². The number of carbonyl (C=O) groups excluding carboxylic acids is 1. The Kier molecular flexibility index (Phi) is 7.75. The summed E-state index contributed by atoms with van der Waals surface area (Å²) in [6.07, 6.45) is 6.26. The van der Waals surface area contributed by atoms with Crippen LogP contribution in [0.2, 0.25) is 0 Å². The second-order valence-corrected chi connectivity index (χ2v) is 11.2. The lowest BCUT2D eigenvalue weighted by Gasteiger charge is -2.39. The molecule has 3 aliphatic rings. The van der Waals surface area contributed by atoms with Crippen LogP contribution in [0.5, 0.6) is 0 Å². The number of amides is 1. The molecule has 3 aliphatic heterocycles. The largest absolute Gasteiger partial charge is 0.356 e. The Morgan fingerprint density at radius 1 is 1.04 bits per heavy atom. The molecule has 28 heavy (non-hydrogen) atoms. The molecule has 0 bridgehead atoms. The second kappa shape index (κ2) is 9.87. The van der Waals surface area contributed by atoms with E-state index < -0.39 is 10.2 Å². The molecule has 7 nitrogen and oxygen atoms in total. The van der Waals surface area contributed by atoms with Gasteiger partial charge in [0.2, 0.25) is 5.91 Å². The molecule has 3 atom stereocenters. The van der Waals surface area contributed by atoms with Gasteiger partial charge in [0, 0.05) is 52.0 Å². The van der Waals surface area contributed by atoms with Gasteiger partial charge in [-0.05, 0) is 31.1 Å². The number of carbonyl (C=O) groups is 1. The van der Waals surface area contributed by atoms with Gasteiger partial charge >= 0.3 is 0 Å². The Bertz CT molecular complexity index is 611. The molecule has 0 aromatic heterocycles. The minimum atomic E-state index is -3.47. The maximum atomic E-state index is 13.1. The zero-order valence-corrected chi connectivity index (χ0v) is 18.5. The number of hydrogen-bond acceptors (Lipinski definition) is 3. The molecular formula is C20H39N4O3S+. The lowest BCUT2D eigenvalue weighted by molar-refractivity contribution is -0.887. The number of nitrogens with one attached hydrogen (secondary N) is 2. The fourth-order valence-corrected chi connectivity index (χ4v) is 7.08. The minimum Gasteiger partial charge on any atom is -0.356 e. The van der Waals surface area contributed by atoms with Gasteiger partial charge in [0.05, 0.1) is 25.6 Å². The Hall–Kier alpha value is -0.700. The van der Waals surface area contributed by atoms with Gasteiger partial charge < -0.3 is 10.2 Å². The highest BCUT2D eigenvalue weighted by molar-refractivity contribution is 7.86. The number of rotatable bonds is 7. The van der Waals surface area contributed by atoms with E-state index in [2.05, 4.69) is 19.2 Å². The van der Waals surface area contributed by atoms with E-state index in [1.807, 2.05) is 0 Å². The van der Waals surface area contributed by atoms with E-state index in [1.54, 1.807) is 13.5 Å². The van der Waals surface area contributed by atoms with Crippen molar-refractivity contribution in [2.75, 3.05) is 52.4 Å². The summed E-state index contributed by atoms with van der Waals surface area (Å²) >= 11 is 0. The molecular weight excluding hydrogens is 376 g/mol. The van der Waals surface area contributed by atoms with Crippen molar-refractivity contribution in [2.45, 2.75) is 52.4 Å². The average Bonchev–Trinajstić information content (AvgIpc) is 3.18. The van der Waals surface area contributed by atoms with Crippen molar-refractivity contribution in [3.8, 4) is 0 Å². The van der Waals surface area contributed by atoms with E-state index in [0.29, 0.717) is 44.6 Å². The first-order chi connectivity index (χ1) is 13.4. The van der Waals surface area contributed by atoms with Gasteiger partial charge in [0.1, 0.15) is 0 Å². The lowest BCUT2D eigenvalue weighted by atomic mass is 9.94. The highest BCUT2D eigenvalue weighted by atomic mass is 32.2. The first kappa shape index (κ1) is 22.0. The maximum Gasteiger partial charge on any atom is 0.282 e. The molecule has 3 rings (SSSR count). The third kappa shape index (κ3) is 5.68. The molecule has 3 fully saturated rings. The van der Waals surface area contributed by atoms with Gasteiger partial charge in [0.25, 0.3) is 10.2 Å². The molecule has 0 radical (unpaired) electrons. The number of likely N-dealkylation sites (tertiary alicyclic amines) is 1. The zero-order chi connectivity index (χ0) is 20.1. The molecule has 1 amide bonds. The lowest BCUT2D eigenvalue weighted by Crippen LogP contribution is -3.10. The van der Waals surface area contributed by atoms with E-state index in [0.717, 1.165) is 32.2 Å². The fraction of sp³-hybridized carbons (Fsp3) is 0.950. The second-order valence-electron chi connectivity index (χ2n) is 9.32. The van der Waals surface area contributed by atoms with Gasteiger partial charge in [-0.3, -0.25) is 4.79 Å². The van der Waals surface area contributed by atoms with Crippen LogP contribution in [0.1, 0.15) is 52.4 Å². The molecule has 0 aliphatic carbocycles. The van der Waals surface area contributed by atoms with Crippen LogP contribution in [0.3, 0.4) is 0 Å². The SMILES string of the molecule is C[C@H]1C[C@H](C)CN(S(=O)(=O)N2CCC[C@H](C(=O)NCCC[NH+]3CCCC3)C2)C1. The van der Waals surface area contributed by atoms with Crippen molar-refractivity contribution in [1.29, 1.82) is 0 Å². The number of piperidine rings is 2. The van der Waals surface area contributed by atoms with Gasteiger partial charge in [0.15, 0.2) is 0 Å². The van der Waals surface area contributed by atoms with E-state index in [4.69, 9.17) is 0 Å². The van der Waals surface area contributed by atoms with Crippen LogP contribution in [0.25, 0.3) is 0 Å². The first-order valence-corrected chi connectivity index (χ1v) is 12.6. The van der Waals surface area contributed by atoms with Crippen molar-refractivity contribution >= 4 is 16.1 Å². The van der Waals surface area contributed by atoms with Crippen LogP contribution in [-0.4, -0.2) is 75.3 Å². The number of nitrogens with zero attached hydrogens (tertiary/aromatic N) is 2. The number of quaternary nitrogens is 1. The monoisotopic (exact) mass is 415 g/mol. The number of hydrogen-bond donors (Lipinski definition) is 2. The summed E-state index contributed by atoms with van der Waals surface area (Å²) in [6, 6.07) is 0. The summed E-state index contributed by atoms with van der Waals surface area (Å²) < 4.78 is 29.4. The standard InChI is InChI=1S/C20H38N4O3S/c1-17-13-18(2)15-24(14-17)28(26,27)23-12-5-7-19(16-23)20(25)21-8-6-11-22-9-3-4-10-22/h17-19H,3-16H2,1-2H3,(H,21,25)/p+1/t17-,18-,19-/m0/s1. The highest BCUT2D eigenvalue weighted by Gasteiger charge is 2.38. The van der Waals surface area contributed by atoms with Crippen LogP contribution >= 0.6 is 0 Å². The smallest absolute Gasteiger partial charge is 0.282 e. The predicted molar refractivity (Wildman–Crippen MR) is 110 cm³/mol. The van der Waals surface area contributed by atoms with E-state index in [1.165, 1.54) is 25.9 Å². The summed E-state index contributed by atoms with van der Waals surface area (Å²) in [5.41, 5.74) is 0. The van der Waals surface area contributed by atoms with Crippen molar-refractivity contribution in [1.82, 2.24) is 13.9 Å². The molecule has 0 aromatic carbocycles. The van der Waals surface area contributed by atoms with Crippen molar-refractivity contribution in [3.05, 3.63) is 0 Å². The predicted octanol–water partition coefficient (Wildman–Crippen LogP) is 0.106. The normalized spacial score (nSPS) is 31.1. The molecule has 0 unspecified atom stereocenters. The molecule has 0 spiro atoms. The van der Waals surface area contributed by atoms with Crippen LogP contribution in [0, 0.1) is 17.8 Å². The van der Waals surface area contributed by atoms with Crippen molar-refractivity contribution in [3.63, 3.8) is 0 Å². The fourth-order valence-electron chi connectivity index (χ4n) is 5.14. The van der Waals surface area contributed by atoms with Crippen LogP contribution in [0.15, 0.2) is 0 Å². The molecule has 2 N–H and O–H groups in total. The van der Waals surface area contributed by atoms with Crippen LogP contribution in [0.4, 0.5) is 0 Å². The van der Waals surface area contributed by atoms with Gasteiger partial charge in [-0.25, -0.2) is 0 Å². The molecule has 0 saturated carbocycles. The highest BCUT2D eigenvalue weighted by Crippen LogP contribution is 2.27. The Morgan fingerprint density at radius 3 is 2.39 bits per heavy atom. The maximum absolute atomic E-state index is 13.1. The summed E-state index contributed by atoms with van der Waals surface area (Å²) in [6.45, 7) is 10.6. The zero-order valence-electron chi connectivity index (χ0n) is 17.7. The molecule has 162 valence electrons. The Balaban J connectivity index is 1.47. The van der Waals surface area contributed by atoms with Crippen molar-refractivity contribution in [2.24, 2.45) is 17.8 Å². The third-order valence-electron chi connectivity index (χ3n) is 6.56. The first-order valence-electron chi connectivity index (χ1n) is 11.2. The topological polar surface area (TPSA) is 74.2 Å². The Labute approximate surface area is 171 Å². The molecule has 3 saturated heterocycles. The van der Waals surface area contributed by atoms with Gasteiger partial charge in [-0.1, -0.05) is 13.8 Å². The van der Waals surface area contributed by atoms with Crippen molar-refractivity contribution < 1.29 is 18.1 Å². The molecule has 0 aromatic rings. The van der Waals surface area contributed by atoms with Gasteiger partial charge in [-0.2, -0.15) is 17.0 Å². The summed E-state index contributed by atoms with van der Waals surface area (Å²) in [4.78, 5) is 14.2. The van der Waals surface area contributed by atoms with Crippen LogP contribution < -0.4 is 10.2 Å². The third-order valence-corrected chi connectivity index (χ3v) is 8.49. The molecule has 8 heteroatoms. The quantitative estimate of drug-likeness (QED) is 0.580. The van der Waals surface area contributed by atoms with Gasteiger partial charge in [-0.15, -0.1) is 0 Å². The summed E-state index contributed by atoms with van der Waals surface area (Å²) in [7, 11) is -3.47. The Morgan fingerprint density at radius 2 is 1.71 bits per heavy atom. The minimum absolute atomic E-state index is 0.0247. The average molecular weight is 416 g/mol.